The second-order valence-electron chi connectivity index (χ2n) is 8.47. The minimum atomic E-state index is -4.94. The number of hydrogen-bond donors (Lipinski definition) is 1. The summed E-state index contributed by atoms with van der Waals surface area (Å²) in [6.45, 7) is 0. The molecule has 4 rings (SSSR count). The largest absolute Gasteiger partial charge is 0.478 e. The number of alkyl halides is 3. The predicted octanol–water partition coefficient (Wildman–Crippen LogP) is 5.63. The fourth-order valence-electron chi connectivity index (χ4n) is 3.77. The second-order valence-corrected chi connectivity index (χ2v) is 8.88. The van der Waals surface area contributed by atoms with Crippen LogP contribution in [0.4, 0.5) is 17.6 Å². The number of amides is 1. The van der Waals surface area contributed by atoms with Crippen LogP contribution >= 0.6 is 11.6 Å². The standard InChI is InChI=1S/C26H17ClF4N4O4/c1-34(2)12-32-23(36)13-6-9-16-20(11-13)35(24(37)21-17(26(29,30)31)4-3-5-18(21)27)33-22(16)15-8-7-14(25(38)39)10-19(15)28/h3-12H,1-2H3,(H,38,39). The Labute approximate surface area is 222 Å². The number of benzene rings is 3. The number of carboxylic acids is 1. The van der Waals surface area contributed by atoms with Crippen LogP contribution in [0.3, 0.4) is 0 Å². The zero-order valence-corrected chi connectivity index (χ0v) is 20.9. The van der Waals surface area contributed by atoms with E-state index in [4.69, 9.17) is 16.7 Å². The van der Waals surface area contributed by atoms with Gasteiger partial charge in [0.05, 0.1) is 33.6 Å². The van der Waals surface area contributed by atoms with E-state index < -0.39 is 45.9 Å². The number of fused-ring (bicyclic) bond motifs is 1. The molecular formula is C26H17ClF4N4O4. The number of carbonyl (C=O) groups is 3. The molecule has 0 saturated heterocycles. The summed E-state index contributed by atoms with van der Waals surface area (Å²) in [5.41, 5.74) is -3.13. The lowest BCUT2D eigenvalue weighted by atomic mass is 10.0. The maximum Gasteiger partial charge on any atom is 0.417 e. The highest BCUT2D eigenvalue weighted by Crippen LogP contribution is 2.37. The Morgan fingerprint density at radius 2 is 1.74 bits per heavy atom. The Bertz CT molecular complexity index is 1680. The van der Waals surface area contributed by atoms with E-state index in [2.05, 4.69) is 10.1 Å². The van der Waals surface area contributed by atoms with E-state index in [1.807, 2.05) is 0 Å². The van der Waals surface area contributed by atoms with Gasteiger partial charge in [-0.3, -0.25) is 9.59 Å². The zero-order chi connectivity index (χ0) is 28.6. The Morgan fingerprint density at radius 1 is 1.05 bits per heavy atom. The monoisotopic (exact) mass is 560 g/mol. The molecule has 0 radical (unpaired) electrons. The molecule has 0 atom stereocenters. The molecule has 8 nitrogen and oxygen atoms in total. The highest BCUT2D eigenvalue weighted by molar-refractivity contribution is 6.34. The number of carbonyl (C=O) groups excluding carboxylic acids is 2. The summed E-state index contributed by atoms with van der Waals surface area (Å²) >= 11 is 6.02. The number of aliphatic imine (C=N–C) groups is 1. The van der Waals surface area contributed by atoms with Crippen molar-refractivity contribution in [3.05, 3.63) is 87.7 Å². The van der Waals surface area contributed by atoms with E-state index in [9.17, 15) is 31.9 Å². The molecule has 200 valence electrons. The fraction of sp³-hybridized carbons (Fsp3) is 0.115. The van der Waals surface area contributed by atoms with Gasteiger partial charge in [0.15, 0.2) is 0 Å². The van der Waals surface area contributed by atoms with E-state index in [0.29, 0.717) is 10.7 Å². The van der Waals surface area contributed by atoms with E-state index >= 15 is 0 Å². The maximum atomic E-state index is 15.0. The molecule has 1 aromatic heterocycles. The molecule has 0 aliphatic heterocycles. The van der Waals surface area contributed by atoms with Crippen molar-refractivity contribution >= 4 is 46.6 Å². The van der Waals surface area contributed by atoms with Crippen molar-refractivity contribution in [1.29, 1.82) is 0 Å². The van der Waals surface area contributed by atoms with Crippen LogP contribution < -0.4 is 0 Å². The van der Waals surface area contributed by atoms with Gasteiger partial charge in [0.1, 0.15) is 11.5 Å². The van der Waals surface area contributed by atoms with Crippen molar-refractivity contribution in [1.82, 2.24) is 14.7 Å². The fourth-order valence-corrected chi connectivity index (χ4v) is 4.02. The Hall–Kier alpha value is -4.58. The average molecular weight is 561 g/mol. The molecule has 0 aliphatic carbocycles. The molecule has 0 spiro atoms. The summed E-state index contributed by atoms with van der Waals surface area (Å²) in [5.74, 6) is -4.39. The first-order valence-corrected chi connectivity index (χ1v) is 11.4. The van der Waals surface area contributed by atoms with Crippen molar-refractivity contribution in [2.45, 2.75) is 6.18 Å². The van der Waals surface area contributed by atoms with Gasteiger partial charge in [-0.05, 0) is 48.5 Å². The van der Waals surface area contributed by atoms with Gasteiger partial charge in [-0.15, -0.1) is 0 Å². The van der Waals surface area contributed by atoms with Crippen molar-refractivity contribution in [3.8, 4) is 11.3 Å². The third-order valence-electron chi connectivity index (χ3n) is 5.53. The molecule has 0 bridgehead atoms. The average Bonchev–Trinajstić information content (AvgIpc) is 3.24. The lowest BCUT2D eigenvalue weighted by Gasteiger charge is -2.13. The van der Waals surface area contributed by atoms with E-state index in [0.717, 1.165) is 30.3 Å². The number of halogens is 5. The van der Waals surface area contributed by atoms with Gasteiger partial charge in [0.25, 0.3) is 11.8 Å². The molecule has 1 amide bonds. The Balaban J connectivity index is 1.99. The highest BCUT2D eigenvalue weighted by atomic mass is 35.5. The normalized spacial score (nSPS) is 11.8. The maximum absolute atomic E-state index is 15.0. The molecular weight excluding hydrogens is 544 g/mol. The molecule has 1 N–H and O–H groups in total. The summed E-state index contributed by atoms with van der Waals surface area (Å²) < 4.78 is 56.9. The lowest BCUT2D eigenvalue weighted by molar-refractivity contribution is -0.137. The summed E-state index contributed by atoms with van der Waals surface area (Å²) in [4.78, 5) is 42.6. The lowest BCUT2D eigenvalue weighted by Crippen LogP contribution is -2.20. The van der Waals surface area contributed by atoms with Crippen molar-refractivity contribution < 1.29 is 37.1 Å². The summed E-state index contributed by atoms with van der Waals surface area (Å²) in [6.07, 6.45) is -3.71. The zero-order valence-electron chi connectivity index (χ0n) is 20.1. The number of hydrogen-bond acceptors (Lipinski definition) is 4. The molecule has 39 heavy (non-hydrogen) atoms. The van der Waals surface area contributed by atoms with Gasteiger partial charge in [-0.1, -0.05) is 17.7 Å². The quantitative estimate of drug-likeness (QED) is 0.193. The smallest absolute Gasteiger partial charge is 0.417 e. The van der Waals surface area contributed by atoms with Crippen molar-refractivity contribution in [2.24, 2.45) is 4.99 Å². The first-order valence-electron chi connectivity index (χ1n) is 11.0. The molecule has 3 aromatic carbocycles. The molecule has 0 aliphatic rings. The minimum Gasteiger partial charge on any atom is -0.478 e. The van der Waals surface area contributed by atoms with Crippen LogP contribution in [0.15, 0.2) is 59.6 Å². The number of aromatic carboxylic acids is 1. The van der Waals surface area contributed by atoms with Gasteiger partial charge in [0, 0.05) is 30.6 Å². The number of nitrogens with zero attached hydrogens (tertiary/aromatic N) is 4. The van der Waals surface area contributed by atoms with Gasteiger partial charge in [-0.2, -0.15) is 27.9 Å². The minimum absolute atomic E-state index is 0.0296. The van der Waals surface area contributed by atoms with E-state index in [1.54, 1.807) is 14.1 Å². The van der Waals surface area contributed by atoms with Gasteiger partial charge in [-0.25, -0.2) is 9.18 Å². The number of carboxylic acid groups (broad SMARTS) is 1. The molecule has 4 aromatic rings. The second kappa shape index (κ2) is 10.3. The predicted molar refractivity (Wildman–Crippen MR) is 135 cm³/mol. The molecule has 0 fully saturated rings. The molecule has 0 unspecified atom stereocenters. The third kappa shape index (κ3) is 5.36. The van der Waals surface area contributed by atoms with Crippen LogP contribution in [-0.2, 0) is 6.18 Å². The first-order chi connectivity index (χ1) is 18.3. The first kappa shape index (κ1) is 27.5. The van der Waals surface area contributed by atoms with Gasteiger partial charge >= 0.3 is 12.1 Å². The van der Waals surface area contributed by atoms with Crippen LogP contribution in [-0.4, -0.2) is 58.0 Å². The van der Waals surface area contributed by atoms with Crippen molar-refractivity contribution in [3.63, 3.8) is 0 Å². The van der Waals surface area contributed by atoms with Gasteiger partial charge < -0.3 is 10.0 Å². The molecule has 13 heteroatoms. The number of aromatic nitrogens is 2. The summed E-state index contributed by atoms with van der Waals surface area (Å²) in [6, 6.07) is 9.64. The van der Waals surface area contributed by atoms with Crippen LogP contribution in [0.5, 0.6) is 0 Å². The summed E-state index contributed by atoms with van der Waals surface area (Å²) in [5, 5.41) is 12.8. The molecule has 1 heterocycles. The Kier molecular flexibility index (Phi) is 7.25. The Morgan fingerprint density at radius 3 is 2.36 bits per heavy atom. The molecule has 0 saturated carbocycles. The van der Waals surface area contributed by atoms with Gasteiger partial charge in [0.2, 0.25) is 0 Å². The van der Waals surface area contributed by atoms with Crippen molar-refractivity contribution in [2.75, 3.05) is 14.1 Å². The van der Waals surface area contributed by atoms with Crippen LogP contribution in [0, 0.1) is 5.82 Å². The SMILES string of the molecule is CN(C)C=NC(=O)c1ccc2c(-c3ccc(C(=O)O)cc3F)nn(C(=O)c3c(Cl)cccc3C(F)(F)F)c2c1. The van der Waals surface area contributed by atoms with Crippen LogP contribution in [0.25, 0.3) is 22.2 Å². The highest BCUT2D eigenvalue weighted by Gasteiger charge is 2.37. The van der Waals surface area contributed by atoms with E-state index in [1.165, 1.54) is 29.4 Å². The van der Waals surface area contributed by atoms with Crippen LogP contribution in [0.2, 0.25) is 5.02 Å². The topological polar surface area (TPSA) is 105 Å². The summed E-state index contributed by atoms with van der Waals surface area (Å²) in [7, 11) is 3.26. The number of rotatable bonds is 5. The van der Waals surface area contributed by atoms with E-state index in [-0.39, 0.29) is 33.3 Å². The van der Waals surface area contributed by atoms with Crippen LogP contribution in [0.1, 0.15) is 36.6 Å². The third-order valence-corrected chi connectivity index (χ3v) is 5.85.